The van der Waals surface area contributed by atoms with Gasteiger partial charge in [-0.15, -0.1) is 0 Å². The third-order valence-corrected chi connectivity index (χ3v) is 12.3. The molecule has 0 aliphatic carbocycles. The molecule has 0 bridgehead atoms. The largest absolute Gasteiger partial charge is 0.505 e. The SMILES string of the molecule is Cc1cc(C)c(OCCCOc2c(C)cc(C)cc2-c2cc(C)cc(-n3c4ccccc4c4ccccc43)c2O)c(-c2cc(C)cc(-n3c4ccccc4c4ccccc43)c2O)c1. The van der Waals surface area contributed by atoms with E-state index in [1.54, 1.807) is 0 Å². The molecular weight excluding hydrogens is 777 g/mol. The number of para-hydroxylation sites is 4. The molecule has 10 aromatic rings. The van der Waals surface area contributed by atoms with Gasteiger partial charge in [0.25, 0.3) is 0 Å². The Balaban J connectivity index is 0.950. The Morgan fingerprint density at radius 2 is 0.683 bits per heavy atom. The van der Waals surface area contributed by atoms with E-state index >= 15 is 0 Å². The van der Waals surface area contributed by atoms with Crippen LogP contribution in [-0.2, 0) is 0 Å². The Labute approximate surface area is 367 Å². The summed E-state index contributed by atoms with van der Waals surface area (Å²) in [6, 6.07) is 50.1. The second kappa shape index (κ2) is 15.8. The van der Waals surface area contributed by atoms with Gasteiger partial charge >= 0.3 is 0 Å². The Morgan fingerprint density at radius 3 is 1.03 bits per heavy atom. The smallest absolute Gasteiger partial charge is 0.147 e. The molecule has 0 saturated heterocycles. The summed E-state index contributed by atoms with van der Waals surface area (Å²) < 4.78 is 17.7. The lowest BCUT2D eigenvalue weighted by Gasteiger charge is -2.20. The number of ether oxygens (including phenoxy) is 2. The molecule has 0 atom stereocenters. The van der Waals surface area contributed by atoms with Crippen molar-refractivity contribution in [3.63, 3.8) is 0 Å². The predicted molar refractivity (Wildman–Crippen MR) is 260 cm³/mol. The molecular formula is C57H50N2O4. The van der Waals surface area contributed by atoms with Crippen LogP contribution in [0.3, 0.4) is 0 Å². The van der Waals surface area contributed by atoms with Crippen molar-refractivity contribution in [2.75, 3.05) is 13.2 Å². The van der Waals surface area contributed by atoms with Crippen LogP contribution in [-0.4, -0.2) is 32.6 Å². The highest BCUT2D eigenvalue weighted by atomic mass is 16.5. The van der Waals surface area contributed by atoms with Crippen LogP contribution in [0.5, 0.6) is 23.0 Å². The summed E-state index contributed by atoms with van der Waals surface area (Å²) in [4.78, 5) is 0. The maximum atomic E-state index is 12.3. The van der Waals surface area contributed by atoms with Crippen molar-refractivity contribution in [2.45, 2.75) is 48.0 Å². The number of aryl methyl sites for hydroxylation is 6. The van der Waals surface area contributed by atoms with Gasteiger partial charge in [-0.05, 0) is 136 Å². The van der Waals surface area contributed by atoms with E-state index in [-0.39, 0.29) is 11.5 Å². The van der Waals surface area contributed by atoms with Gasteiger partial charge in [0.15, 0.2) is 0 Å². The molecule has 2 N–H and O–H groups in total. The van der Waals surface area contributed by atoms with Gasteiger partial charge in [0.2, 0.25) is 0 Å². The van der Waals surface area contributed by atoms with Crippen LogP contribution in [0.2, 0.25) is 0 Å². The van der Waals surface area contributed by atoms with E-state index in [1.165, 1.54) is 0 Å². The van der Waals surface area contributed by atoms with Gasteiger partial charge in [-0.1, -0.05) is 84.9 Å². The fraction of sp³-hybridized carbons (Fsp3) is 0.158. The van der Waals surface area contributed by atoms with Crippen LogP contribution < -0.4 is 9.47 Å². The summed E-state index contributed by atoms with van der Waals surface area (Å²) in [6.07, 6.45) is 0.609. The van der Waals surface area contributed by atoms with Crippen molar-refractivity contribution < 1.29 is 19.7 Å². The topological polar surface area (TPSA) is 68.8 Å². The Hall–Kier alpha value is -7.44. The molecule has 0 saturated carbocycles. The number of hydrogen-bond donors (Lipinski definition) is 2. The normalized spacial score (nSPS) is 11.7. The van der Waals surface area contributed by atoms with Gasteiger partial charge < -0.3 is 28.8 Å². The van der Waals surface area contributed by atoms with E-state index in [2.05, 4.69) is 160 Å². The molecule has 0 unspecified atom stereocenters. The highest BCUT2D eigenvalue weighted by Crippen LogP contribution is 2.46. The molecule has 312 valence electrons. The fourth-order valence-corrected chi connectivity index (χ4v) is 9.73. The van der Waals surface area contributed by atoms with Crippen molar-refractivity contribution in [1.82, 2.24) is 9.13 Å². The number of hydrogen-bond acceptors (Lipinski definition) is 4. The van der Waals surface area contributed by atoms with Gasteiger partial charge in [-0.25, -0.2) is 0 Å². The van der Waals surface area contributed by atoms with Crippen LogP contribution in [0.1, 0.15) is 39.8 Å². The summed E-state index contributed by atoms with van der Waals surface area (Å²) in [7, 11) is 0. The number of aromatic hydroxyl groups is 2. The zero-order chi connectivity index (χ0) is 43.5. The van der Waals surface area contributed by atoms with Gasteiger partial charge in [0.1, 0.15) is 23.0 Å². The third kappa shape index (κ3) is 6.83. The zero-order valence-electron chi connectivity index (χ0n) is 36.6. The Morgan fingerprint density at radius 1 is 0.381 bits per heavy atom. The highest BCUT2D eigenvalue weighted by molar-refractivity contribution is 6.10. The molecule has 6 nitrogen and oxygen atoms in total. The molecule has 0 spiro atoms. The molecule has 6 heteroatoms. The molecule has 0 amide bonds. The first-order valence-corrected chi connectivity index (χ1v) is 21.7. The average Bonchev–Trinajstić information content (AvgIpc) is 3.79. The molecule has 0 aliphatic heterocycles. The minimum atomic E-state index is 0.202. The first-order valence-electron chi connectivity index (χ1n) is 21.7. The summed E-state index contributed by atoms with van der Waals surface area (Å²) >= 11 is 0. The maximum Gasteiger partial charge on any atom is 0.147 e. The van der Waals surface area contributed by atoms with Crippen molar-refractivity contribution in [1.29, 1.82) is 0 Å². The van der Waals surface area contributed by atoms with E-state index in [0.29, 0.717) is 19.6 Å². The monoisotopic (exact) mass is 826 g/mol. The Bertz CT molecular complexity index is 3090. The number of phenols is 2. The van der Waals surface area contributed by atoms with Crippen molar-refractivity contribution in [2.24, 2.45) is 0 Å². The number of nitrogens with zero attached hydrogens (tertiary/aromatic N) is 2. The van der Waals surface area contributed by atoms with E-state index in [1.807, 2.05) is 36.4 Å². The van der Waals surface area contributed by atoms with Crippen LogP contribution in [0.25, 0.3) is 77.2 Å². The predicted octanol–water partition coefficient (Wildman–Crippen LogP) is 14.3. The Kier molecular flexibility index (Phi) is 9.95. The molecule has 2 aromatic heterocycles. The van der Waals surface area contributed by atoms with Gasteiger partial charge in [0.05, 0.1) is 46.7 Å². The number of phenolic OH excluding ortho intramolecular Hbond substituents is 2. The van der Waals surface area contributed by atoms with E-state index in [4.69, 9.17) is 9.47 Å². The van der Waals surface area contributed by atoms with Crippen LogP contribution in [0, 0.1) is 41.5 Å². The molecule has 63 heavy (non-hydrogen) atoms. The molecule has 10 rings (SSSR count). The lowest BCUT2D eigenvalue weighted by molar-refractivity contribution is 0.247. The quantitative estimate of drug-likeness (QED) is 0.135. The lowest BCUT2D eigenvalue weighted by Crippen LogP contribution is -2.08. The second-order valence-corrected chi connectivity index (χ2v) is 17.1. The summed E-state index contributed by atoms with van der Waals surface area (Å²) in [6.45, 7) is 13.2. The first-order chi connectivity index (χ1) is 30.6. The van der Waals surface area contributed by atoms with Crippen LogP contribution >= 0.6 is 0 Å². The van der Waals surface area contributed by atoms with E-state index < -0.39 is 0 Å². The fourth-order valence-electron chi connectivity index (χ4n) is 9.73. The second-order valence-electron chi connectivity index (χ2n) is 17.1. The molecule has 0 radical (unpaired) electrons. The minimum absolute atomic E-state index is 0.202. The van der Waals surface area contributed by atoms with Crippen molar-refractivity contribution in [3.8, 4) is 56.6 Å². The van der Waals surface area contributed by atoms with Gasteiger partial charge in [0, 0.05) is 50.2 Å². The van der Waals surface area contributed by atoms with Gasteiger partial charge in [-0.3, -0.25) is 0 Å². The van der Waals surface area contributed by atoms with Crippen LogP contribution in [0.4, 0.5) is 0 Å². The molecule has 2 heterocycles. The third-order valence-electron chi connectivity index (χ3n) is 12.3. The van der Waals surface area contributed by atoms with Crippen LogP contribution in [0.15, 0.2) is 146 Å². The molecule has 8 aromatic carbocycles. The number of rotatable bonds is 10. The number of aromatic nitrogens is 2. The lowest BCUT2D eigenvalue weighted by atomic mass is 9.96. The minimum Gasteiger partial charge on any atom is -0.505 e. The van der Waals surface area contributed by atoms with Gasteiger partial charge in [-0.2, -0.15) is 0 Å². The zero-order valence-corrected chi connectivity index (χ0v) is 36.6. The van der Waals surface area contributed by atoms with E-state index in [0.717, 1.165) is 122 Å². The van der Waals surface area contributed by atoms with Crippen molar-refractivity contribution in [3.05, 3.63) is 179 Å². The first kappa shape index (κ1) is 39.7. The average molecular weight is 827 g/mol. The molecule has 0 aliphatic rings. The number of benzene rings is 8. The summed E-state index contributed by atoms with van der Waals surface area (Å²) in [5.74, 6) is 1.88. The van der Waals surface area contributed by atoms with E-state index in [9.17, 15) is 10.2 Å². The maximum absolute atomic E-state index is 12.3. The summed E-state index contributed by atoms with van der Waals surface area (Å²) in [5, 5.41) is 29.1. The summed E-state index contributed by atoms with van der Waals surface area (Å²) in [5.41, 5.74) is 15.0. The van der Waals surface area contributed by atoms with Crippen molar-refractivity contribution >= 4 is 43.6 Å². The molecule has 0 fully saturated rings. The standard InChI is InChI=1S/C57H50N2O4/c1-34-26-38(5)56(46(30-34)44-28-36(3)32-52(54(44)60)58-48-20-11-7-16-40(48)41-17-8-12-21-49(41)58)62-24-15-25-63-57-39(6)27-35(2)31-47(57)45-29-37(4)33-53(55(45)61)59-50-22-13-9-18-42(50)43-19-10-14-23-51(43)59/h7-14,16-23,26-33,60-61H,15,24-25H2,1-6H3. The number of fused-ring (bicyclic) bond motifs is 6. The highest BCUT2D eigenvalue weighted by Gasteiger charge is 2.23.